The molecule has 1 aromatic heterocycles. The minimum Gasteiger partial charge on any atom is -0.396 e. The smallest absolute Gasteiger partial charge is 0.223 e. The van der Waals surface area contributed by atoms with Gasteiger partial charge in [-0.1, -0.05) is 76.1 Å². The minimum atomic E-state index is 0.541. The van der Waals surface area contributed by atoms with Crippen molar-refractivity contribution in [1.29, 1.82) is 0 Å². The molecule has 1 heterocycles. The van der Waals surface area contributed by atoms with Gasteiger partial charge in [0.2, 0.25) is 5.95 Å². The van der Waals surface area contributed by atoms with E-state index in [0.29, 0.717) is 24.8 Å². The number of anilines is 1. The van der Waals surface area contributed by atoms with Gasteiger partial charge in [-0.05, 0) is 38.0 Å². The van der Waals surface area contributed by atoms with E-state index in [2.05, 4.69) is 48.4 Å². The maximum Gasteiger partial charge on any atom is 0.223 e. The summed E-state index contributed by atoms with van der Waals surface area (Å²) in [7, 11) is 3.65. The molecule has 0 aliphatic carbocycles. The summed E-state index contributed by atoms with van der Waals surface area (Å²) in [5.74, 6) is 0.541. The average molecular weight is 468 g/mol. The van der Waals surface area contributed by atoms with Crippen LogP contribution in [-0.2, 0) is 4.74 Å². The SMILES string of the molecule is C/C=C(\C=C/N(C)/C(=C(\N)c1ccc(C)cc1)c1ccnc(NCCOC)n1)CC.CC.CC. The topological polar surface area (TPSA) is 76.3 Å². The van der Waals surface area contributed by atoms with Gasteiger partial charge in [0.15, 0.2) is 0 Å². The summed E-state index contributed by atoms with van der Waals surface area (Å²) in [4.78, 5) is 11.0. The zero-order valence-corrected chi connectivity index (χ0v) is 22.6. The highest BCUT2D eigenvalue weighted by Crippen LogP contribution is 2.25. The number of methoxy groups -OCH3 is 1. The molecule has 0 saturated carbocycles. The van der Waals surface area contributed by atoms with Crippen LogP contribution in [0.2, 0.25) is 0 Å². The van der Waals surface area contributed by atoms with Gasteiger partial charge >= 0.3 is 0 Å². The van der Waals surface area contributed by atoms with Crippen molar-refractivity contribution in [2.24, 2.45) is 5.73 Å². The van der Waals surface area contributed by atoms with Crippen LogP contribution in [0.25, 0.3) is 11.4 Å². The van der Waals surface area contributed by atoms with Crippen molar-refractivity contribution in [2.75, 3.05) is 32.6 Å². The summed E-state index contributed by atoms with van der Waals surface area (Å²) in [5.41, 5.74) is 12.3. The summed E-state index contributed by atoms with van der Waals surface area (Å²) in [6.45, 7) is 15.4. The maximum absolute atomic E-state index is 6.65. The van der Waals surface area contributed by atoms with Crippen LogP contribution in [0.4, 0.5) is 5.95 Å². The molecule has 188 valence electrons. The van der Waals surface area contributed by atoms with Crippen LogP contribution >= 0.6 is 0 Å². The van der Waals surface area contributed by atoms with Gasteiger partial charge in [-0.2, -0.15) is 0 Å². The summed E-state index contributed by atoms with van der Waals surface area (Å²) in [6.07, 6.45) is 8.94. The molecule has 0 unspecified atom stereocenters. The first kappa shape index (κ1) is 30.9. The van der Waals surface area contributed by atoms with E-state index in [1.807, 2.05) is 71.0 Å². The van der Waals surface area contributed by atoms with Crippen molar-refractivity contribution in [3.05, 3.63) is 77.3 Å². The number of aromatic nitrogens is 2. The van der Waals surface area contributed by atoms with E-state index in [1.165, 1.54) is 11.1 Å². The van der Waals surface area contributed by atoms with Crippen LogP contribution in [0.3, 0.4) is 0 Å². The van der Waals surface area contributed by atoms with E-state index < -0.39 is 0 Å². The van der Waals surface area contributed by atoms with E-state index >= 15 is 0 Å². The molecule has 0 amide bonds. The van der Waals surface area contributed by atoms with Gasteiger partial charge in [-0.3, -0.25) is 0 Å². The lowest BCUT2D eigenvalue weighted by atomic mass is 10.1. The van der Waals surface area contributed by atoms with Crippen molar-refractivity contribution in [2.45, 2.75) is 54.9 Å². The Bertz CT molecular complexity index is 901. The molecule has 2 rings (SSSR count). The standard InChI is InChI=1S/C24H33N5O.2C2H6/c1-6-19(7-2)13-16-29(4)23(22(25)20-10-8-18(3)9-11-20)21-12-14-26-24(28-21)27-15-17-30-5;2*1-2/h6,8-14,16H,7,15,17,25H2,1-5H3,(H,26,27,28);2*1-2H3/b16-13-,19-6-,23-22-;;. The van der Waals surface area contributed by atoms with Crippen LogP contribution in [-0.4, -0.2) is 42.2 Å². The van der Waals surface area contributed by atoms with Gasteiger partial charge < -0.3 is 20.7 Å². The fourth-order valence-corrected chi connectivity index (χ4v) is 2.92. The van der Waals surface area contributed by atoms with Crippen LogP contribution in [0.5, 0.6) is 0 Å². The summed E-state index contributed by atoms with van der Waals surface area (Å²) < 4.78 is 5.09. The Morgan fingerprint density at radius 3 is 2.32 bits per heavy atom. The molecular weight excluding hydrogens is 422 g/mol. The summed E-state index contributed by atoms with van der Waals surface area (Å²) in [6, 6.07) is 10.1. The zero-order chi connectivity index (χ0) is 25.9. The van der Waals surface area contributed by atoms with Crippen molar-refractivity contribution in [3.8, 4) is 0 Å². The fourth-order valence-electron chi connectivity index (χ4n) is 2.92. The zero-order valence-electron chi connectivity index (χ0n) is 22.6. The first-order chi connectivity index (χ1) is 16.5. The number of nitrogens with one attached hydrogen (secondary N) is 1. The average Bonchev–Trinajstić information content (AvgIpc) is 2.88. The van der Waals surface area contributed by atoms with E-state index in [0.717, 1.165) is 23.4 Å². The van der Waals surface area contributed by atoms with Crippen LogP contribution in [0.15, 0.2) is 60.5 Å². The second kappa shape index (κ2) is 18.3. The molecule has 2 aromatic rings. The number of nitrogens with two attached hydrogens (primary N) is 1. The van der Waals surface area contributed by atoms with Crippen molar-refractivity contribution < 1.29 is 4.74 Å². The second-order valence-corrected chi connectivity index (χ2v) is 6.96. The number of hydrogen-bond donors (Lipinski definition) is 2. The van der Waals surface area contributed by atoms with Gasteiger partial charge in [-0.15, -0.1) is 0 Å². The third kappa shape index (κ3) is 10.2. The minimum absolute atomic E-state index is 0.541. The molecule has 1 aromatic carbocycles. The molecule has 0 fully saturated rings. The Labute approximate surface area is 207 Å². The number of allylic oxidation sites excluding steroid dienone is 3. The Kier molecular flexibility index (Phi) is 16.6. The predicted octanol–water partition coefficient (Wildman–Crippen LogP) is 6.48. The van der Waals surface area contributed by atoms with Crippen LogP contribution in [0, 0.1) is 6.92 Å². The van der Waals surface area contributed by atoms with Crippen molar-refractivity contribution >= 4 is 17.3 Å². The van der Waals surface area contributed by atoms with Crippen LogP contribution < -0.4 is 11.1 Å². The lowest BCUT2D eigenvalue weighted by Gasteiger charge is -2.22. The lowest BCUT2D eigenvalue weighted by molar-refractivity contribution is 0.210. The largest absolute Gasteiger partial charge is 0.396 e. The highest BCUT2D eigenvalue weighted by molar-refractivity contribution is 5.87. The highest BCUT2D eigenvalue weighted by atomic mass is 16.5. The Balaban J connectivity index is 0.00000258. The third-order valence-corrected chi connectivity index (χ3v) is 4.75. The first-order valence-corrected chi connectivity index (χ1v) is 12.2. The number of hydrogen-bond acceptors (Lipinski definition) is 6. The van der Waals surface area contributed by atoms with Gasteiger partial charge in [0, 0.05) is 33.1 Å². The predicted molar refractivity (Wildman–Crippen MR) is 148 cm³/mol. The maximum atomic E-state index is 6.65. The Morgan fingerprint density at radius 2 is 1.76 bits per heavy atom. The van der Waals surface area contributed by atoms with E-state index in [-0.39, 0.29) is 0 Å². The number of ether oxygens (including phenoxy) is 1. The molecule has 3 N–H and O–H groups in total. The number of nitrogens with zero attached hydrogens (tertiary/aromatic N) is 3. The molecule has 0 spiro atoms. The number of rotatable bonds is 10. The fraction of sp³-hybridized carbons (Fsp3) is 0.429. The number of aryl methyl sites for hydroxylation is 1. The van der Waals surface area contributed by atoms with E-state index in [9.17, 15) is 0 Å². The molecule has 6 heteroatoms. The monoisotopic (exact) mass is 467 g/mol. The summed E-state index contributed by atoms with van der Waals surface area (Å²) in [5, 5.41) is 3.18. The van der Waals surface area contributed by atoms with Gasteiger partial charge in [0.05, 0.1) is 23.7 Å². The molecule has 34 heavy (non-hydrogen) atoms. The van der Waals surface area contributed by atoms with E-state index in [4.69, 9.17) is 15.5 Å². The van der Waals surface area contributed by atoms with Gasteiger partial charge in [0.25, 0.3) is 0 Å². The molecule has 0 radical (unpaired) electrons. The summed E-state index contributed by atoms with van der Waals surface area (Å²) >= 11 is 0. The normalized spacial score (nSPS) is 11.6. The molecular formula is C28H45N5O. The molecule has 0 saturated heterocycles. The number of benzene rings is 1. The van der Waals surface area contributed by atoms with E-state index in [1.54, 1.807) is 13.3 Å². The Morgan fingerprint density at radius 1 is 1.12 bits per heavy atom. The van der Waals surface area contributed by atoms with Gasteiger partial charge in [-0.25, -0.2) is 9.97 Å². The molecule has 6 nitrogen and oxygen atoms in total. The quantitative estimate of drug-likeness (QED) is 0.307. The first-order valence-electron chi connectivity index (χ1n) is 12.2. The van der Waals surface area contributed by atoms with Crippen molar-refractivity contribution in [3.63, 3.8) is 0 Å². The molecule has 0 aliphatic rings. The highest BCUT2D eigenvalue weighted by Gasteiger charge is 2.15. The lowest BCUT2D eigenvalue weighted by Crippen LogP contribution is -2.17. The van der Waals surface area contributed by atoms with Crippen LogP contribution in [0.1, 0.15) is 64.8 Å². The third-order valence-electron chi connectivity index (χ3n) is 4.75. The second-order valence-electron chi connectivity index (χ2n) is 6.96. The molecule has 0 aliphatic heterocycles. The Hall–Kier alpha value is -3.12. The molecule has 0 bridgehead atoms. The van der Waals surface area contributed by atoms with Gasteiger partial charge in [0.1, 0.15) is 0 Å². The van der Waals surface area contributed by atoms with Crippen molar-refractivity contribution in [1.82, 2.24) is 14.9 Å². The molecule has 0 atom stereocenters.